The highest BCUT2D eigenvalue weighted by molar-refractivity contribution is 6.30. The lowest BCUT2D eigenvalue weighted by Gasteiger charge is -2.32. The van der Waals surface area contributed by atoms with Gasteiger partial charge in [-0.05, 0) is 43.9 Å². The van der Waals surface area contributed by atoms with Gasteiger partial charge < -0.3 is 24.3 Å². The van der Waals surface area contributed by atoms with E-state index >= 15 is 0 Å². The van der Waals surface area contributed by atoms with E-state index in [9.17, 15) is 23.1 Å². The predicted molar refractivity (Wildman–Crippen MR) is 115 cm³/mol. The molecule has 2 aromatic rings. The normalized spacial score (nSPS) is 35.1. The minimum absolute atomic E-state index is 0.115. The Kier molecular flexibility index (Phi) is 5.90. The number of alkyl halides is 3. The average Bonchev–Trinajstić information content (AvgIpc) is 3.51. The van der Waals surface area contributed by atoms with Crippen molar-refractivity contribution in [2.45, 2.75) is 86.9 Å². The average molecular weight is 530 g/mol. The van der Waals surface area contributed by atoms with Gasteiger partial charge in [0.25, 0.3) is 5.91 Å². The number of fused-ring (bicyclic) bond motifs is 3. The summed E-state index contributed by atoms with van der Waals surface area (Å²) in [6, 6.07) is 4.68. The molecule has 0 unspecified atom stereocenters. The molecule has 2 saturated heterocycles. The van der Waals surface area contributed by atoms with E-state index in [4.69, 9.17) is 25.5 Å². The van der Waals surface area contributed by atoms with Crippen molar-refractivity contribution in [1.29, 1.82) is 0 Å². The molecule has 4 aliphatic rings. The number of hydrogen-bond acceptors (Lipinski definition) is 8. The third-order valence-corrected chi connectivity index (χ3v) is 7.63. The Hall–Kier alpha value is -2.41. The topological polar surface area (TPSA) is 116 Å². The van der Waals surface area contributed by atoms with E-state index in [0.717, 1.165) is 0 Å². The van der Waals surface area contributed by atoms with Crippen LogP contribution in [0, 0.1) is 0 Å². The first kappa shape index (κ1) is 24.0. The van der Waals surface area contributed by atoms with Crippen LogP contribution in [0.5, 0.6) is 5.75 Å². The number of aromatic nitrogens is 2. The number of ether oxygens (including phenoxy) is 3. The second kappa shape index (κ2) is 8.86. The van der Waals surface area contributed by atoms with Crippen LogP contribution in [0.15, 0.2) is 22.6 Å². The van der Waals surface area contributed by atoms with Crippen LogP contribution < -0.4 is 10.1 Å². The minimum atomic E-state index is -4.65. The lowest BCUT2D eigenvalue weighted by atomic mass is 9.82. The fourth-order valence-corrected chi connectivity index (χ4v) is 5.72. The van der Waals surface area contributed by atoms with Crippen LogP contribution in [0.4, 0.5) is 13.2 Å². The molecule has 1 aromatic heterocycles. The smallest absolute Gasteiger partial charge is 0.480 e. The van der Waals surface area contributed by atoms with E-state index in [1.807, 2.05) is 0 Å². The number of nitrogens with one attached hydrogen (secondary N) is 1. The molecule has 0 radical (unpaired) electrons. The van der Waals surface area contributed by atoms with Gasteiger partial charge in [0.1, 0.15) is 5.75 Å². The lowest BCUT2D eigenvalue weighted by Crippen LogP contribution is -2.49. The predicted octanol–water partition coefficient (Wildman–Crippen LogP) is 3.52. The van der Waals surface area contributed by atoms with Crippen molar-refractivity contribution in [3.63, 3.8) is 0 Å². The monoisotopic (exact) mass is 529 g/mol. The summed E-state index contributed by atoms with van der Waals surface area (Å²) in [5, 5.41) is 22.0. The van der Waals surface area contributed by atoms with E-state index in [0.29, 0.717) is 41.0 Å². The first-order valence-corrected chi connectivity index (χ1v) is 12.2. The quantitative estimate of drug-likeness (QED) is 0.604. The van der Waals surface area contributed by atoms with Crippen molar-refractivity contribution >= 4 is 17.5 Å². The second-order valence-electron chi connectivity index (χ2n) is 9.78. The number of rotatable bonds is 5. The molecule has 0 spiro atoms. The van der Waals surface area contributed by atoms with E-state index in [1.54, 1.807) is 18.2 Å². The minimum Gasteiger partial charge on any atom is -0.480 e. The van der Waals surface area contributed by atoms with Gasteiger partial charge in [0.2, 0.25) is 11.8 Å². The summed E-state index contributed by atoms with van der Waals surface area (Å²) in [5.41, 5.74) is 0.557. The zero-order valence-corrected chi connectivity index (χ0v) is 19.5. The van der Waals surface area contributed by atoms with Crippen molar-refractivity contribution in [1.82, 2.24) is 15.5 Å². The molecular weight excluding hydrogens is 507 g/mol. The maximum atomic E-state index is 12.9. The molecule has 6 rings (SSSR count). The van der Waals surface area contributed by atoms with Crippen LogP contribution in [0.25, 0.3) is 0 Å². The van der Waals surface area contributed by atoms with E-state index in [-0.39, 0.29) is 55.3 Å². The molecule has 1 aliphatic carbocycles. The number of carbonyl (C=O) groups is 1. The van der Waals surface area contributed by atoms with Gasteiger partial charge in [0, 0.05) is 22.9 Å². The van der Waals surface area contributed by atoms with E-state index in [2.05, 4.69) is 20.3 Å². The van der Waals surface area contributed by atoms with Crippen molar-refractivity contribution in [3.05, 3.63) is 40.6 Å². The fraction of sp³-hybridized carbons (Fsp3) is 0.609. The molecule has 36 heavy (non-hydrogen) atoms. The van der Waals surface area contributed by atoms with Gasteiger partial charge in [-0.15, -0.1) is 23.4 Å². The largest absolute Gasteiger partial charge is 0.522 e. The van der Waals surface area contributed by atoms with Crippen LogP contribution >= 0.6 is 11.6 Å². The zero-order valence-electron chi connectivity index (χ0n) is 18.8. The van der Waals surface area contributed by atoms with Crippen molar-refractivity contribution in [2.75, 3.05) is 0 Å². The van der Waals surface area contributed by atoms with Crippen molar-refractivity contribution in [3.8, 4) is 5.75 Å². The van der Waals surface area contributed by atoms with Gasteiger partial charge in [-0.1, -0.05) is 11.6 Å². The number of aliphatic hydroxyl groups is 1. The fourth-order valence-electron chi connectivity index (χ4n) is 5.54. The number of carbonyl (C=O) groups excluding carboxylic acids is 1. The number of benzene rings is 1. The van der Waals surface area contributed by atoms with E-state index in [1.165, 1.54) is 0 Å². The molecule has 13 heteroatoms. The van der Waals surface area contributed by atoms with E-state index < -0.39 is 24.7 Å². The summed E-state index contributed by atoms with van der Waals surface area (Å²) >= 11 is 5.98. The maximum absolute atomic E-state index is 12.9. The molecule has 1 amide bonds. The number of amides is 1. The summed E-state index contributed by atoms with van der Waals surface area (Å²) < 4.78 is 58.6. The van der Waals surface area contributed by atoms with Crippen molar-refractivity contribution < 1.29 is 41.7 Å². The molecule has 3 fully saturated rings. The third-order valence-electron chi connectivity index (χ3n) is 7.39. The molecule has 6 atom stereocenters. The number of halogens is 4. The molecule has 4 heterocycles. The summed E-state index contributed by atoms with van der Waals surface area (Å²) in [4.78, 5) is 12.9. The number of aliphatic hydroxyl groups excluding tert-OH is 1. The Morgan fingerprint density at radius 1 is 1.11 bits per heavy atom. The molecule has 1 saturated carbocycles. The standard InChI is InChI=1S/C23H23ClF3N3O6/c24-10-1-2-16-12(5-10)15(31)8-19(33-16)20(32)28-14-7-17-13(6-18(14)34-17)22-30-29-21(35-22)9-3-11(4-9)36-23(25,26)27/h1-2,5,9,11,13-15,17-19,31H,3-4,6-8H2,(H,28,32)/t9-,11+,13-,14-,15-,17+,18+,19-/m1/s1. The molecule has 3 aliphatic heterocycles. The number of hydrogen-bond donors (Lipinski definition) is 2. The SMILES string of the molecule is O=C(N[C@@H]1C[C@@H]2O[C@H]1C[C@H]2c1nnc([C@H]2C[C@@H](OC(F)(F)F)C2)o1)[C@H]1C[C@@H](O)c2cc(Cl)ccc2O1. The molecule has 2 bridgehead atoms. The van der Waals surface area contributed by atoms with Gasteiger partial charge in [-0.3, -0.25) is 9.53 Å². The van der Waals surface area contributed by atoms with Crippen LogP contribution in [0.3, 0.4) is 0 Å². The van der Waals surface area contributed by atoms with Gasteiger partial charge in [-0.2, -0.15) is 0 Å². The molecular formula is C23H23ClF3N3O6. The lowest BCUT2D eigenvalue weighted by molar-refractivity contribution is -0.352. The summed E-state index contributed by atoms with van der Waals surface area (Å²) in [6.07, 6.45) is -6.12. The van der Waals surface area contributed by atoms with Gasteiger partial charge >= 0.3 is 6.36 Å². The first-order chi connectivity index (χ1) is 17.1. The zero-order chi connectivity index (χ0) is 25.2. The Morgan fingerprint density at radius 2 is 1.89 bits per heavy atom. The Bertz CT molecular complexity index is 1160. The Labute approximate surface area is 208 Å². The summed E-state index contributed by atoms with van der Waals surface area (Å²) in [5.74, 6) is 0.421. The Balaban J connectivity index is 1.02. The van der Waals surface area contributed by atoms with Gasteiger partial charge in [-0.25, -0.2) is 0 Å². The first-order valence-electron chi connectivity index (χ1n) is 11.8. The highest BCUT2D eigenvalue weighted by Crippen LogP contribution is 2.46. The Morgan fingerprint density at radius 3 is 2.61 bits per heavy atom. The molecule has 194 valence electrons. The van der Waals surface area contributed by atoms with Crippen LogP contribution in [0.2, 0.25) is 5.02 Å². The second-order valence-corrected chi connectivity index (χ2v) is 10.2. The molecule has 1 aromatic carbocycles. The van der Waals surface area contributed by atoms with Gasteiger partial charge in [0.05, 0.1) is 36.4 Å². The molecule has 9 nitrogen and oxygen atoms in total. The highest BCUT2D eigenvalue weighted by atomic mass is 35.5. The van der Waals surface area contributed by atoms with Crippen LogP contribution in [-0.4, -0.2) is 58.0 Å². The van der Waals surface area contributed by atoms with Crippen LogP contribution in [0.1, 0.15) is 67.4 Å². The van der Waals surface area contributed by atoms with Crippen LogP contribution in [-0.2, 0) is 14.3 Å². The third kappa shape index (κ3) is 4.55. The van der Waals surface area contributed by atoms with Gasteiger partial charge in [0.15, 0.2) is 6.10 Å². The maximum Gasteiger partial charge on any atom is 0.522 e. The van der Waals surface area contributed by atoms with Crippen molar-refractivity contribution in [2.24, 2.45) is 0 Å². The number of nitrogens with zero attached hydrogens (tertiary/aromatic N) is 2. The summed E-state index contributed by atoms with van der Waals surface area (Å²) in [7, 11) is 0. The summed E-state index contributed by atoms with van der Waals surface area (Å²) in [6.45, 7) is 0. The molecule has 2 N–H and O–H groups in total. The highest BCUT2D eigenvalue weighted by Gasteiger charge is 2.51.